The monoisotopic (exact) mass is 424 g/mol. The minimum Gasteiger partial charge on any atom is -0.493 e. The second-order valence-electron chi connectivity index (χ2n) is 8.28. The number of nitro benzene ring substituents is 1. The third-order valence-corrected chi connectivity index (χ3v) is 6.25. The summed E-state index contributed by atoms with van der Waals surface area (Å²) in [5.74, 6) is 1.20. The number of ether oxygens (including phenoxy) is 2. The molecule has 3 aromatic rings. The fraction of sp³-hybridized carbons (Fsp3) is 0.435. The van der Waals surface area contributed by atoms with Gasteiger partial charge in [-0.2, -0.15) is 0 Å². The first-order valence-corrected chi connectivity index (χ1v) is 10.5. The van der Waals surface area contributed by atoms with Crippen molar-refractivity contribution in [3.05, 3.63) is 40.4 Å². The molecule has 1 aromatic heterocycles. The quantitative estimate of drug-likeness (QED) is 0.351. The van der Waals surface area contributed by atoms with Crippen molar-refractivity contribution in [2.75, 3.05) is 33.6 Å². The largest absolute Gasteiger partial charge is 0.493 e. The van der Waals surface area contributed by atoms with E-state index in [2.05, 4.69) is 24.3 Å². The van der Waals surface area contributed by atoms with Crippen LogP contribution in [-0.2, 0) is 0 Å². The molecule has 164 valence electrons. The fourth-order valence-corrected chi connectivity index (χ4v) is 4.47. The molecular formula is C23H28N4O4. The van der Waals surface area contributed by atoms with E-state index in [9.17, 15) is 10.1 Å². The normalized spacial score (nSPS) is 19.0. The molecule has 0 atom stereocenters. The number of aromatic nitrogens is 1. The fourth-order valence-electron chi connectivity index (χ4n) is 4.47. The molecule has 8 heteroatoms. The summed E-state index contributed by atoms with van der Waals surface area (Å²) in [6, 6.07) is 9.52. The van der Waals surface area contributed by atoms with Crippen molar-refractivity contribution in [2.24, 2.45) is 0 Å². The van der Waals surface area contributed by atoms with Crippen LogP contribution in [0.1, 0.15) is 25.7 Å². The van der Waals surface area contributed by atoms with Crippen molar-refractivity contribution in [3.63, 3.8) is 0 Å². The summed E-state index contributed by atoms with van der Waals surface area (Å²) in [5, 5.41) is 16.8. The van der Waals surface area contributed by atoms with Gasteiger partial charge in [0.1, 0.15) is 0 Å². The van der Waals surface area contributed by atoms with Gasteiger partial charge in [0.15, 0.2) is 11.5 Å². The molecule has 2 aromatic carbocycles. The Hall–Kier alpha value is -3.13. The number of hydrogen-bond acceptors (Lipinski definition) is 7. The maximum absolute atomic E-state index is 11.3. The van der Waals surface area contributed by atoms with Crippen LogP contribution in [0.15, 0.2) is 30.3 Å². The minimum absolute atomic E-state index is 0.0252. The average Bonchev–Trinajstić information content (AvgIpc) is 2.77. The summed E-state index contributed by atoms with van der Waals surface area (Å²) in [5.41, 5.74) is 2.25. The summed E-state index contributed by atoms with van der Waals surface area (Å²) >= 11 is 0. The Bertz CT molecular complexity index is 1120. The predicted octanol–water partition coefficient (Wildman–Crippen LogP) is 4.60. The molecule has 4 rings (SSSR count). The number of anilines is 1. The summed E-state index contributed by atoms with van der Waals surface area (Å²) in [7, 11) is 7.46. The van der Waals surface area contributed by atoms with Gasteiger partial charge in [0.05, 0.1) is 35.9 Å². The Labute approximate surface area is 181 Å². The van der Waals surface area contributed by atoms with Gasteiger partial charge in [-0.25, -0.2) is 4.98 Å². The lowest BCUT2D eigenvalue weighted by Crippen LogP contribution is -2.36. The Balaban J connectivity index is 1.83. The van der Waals surface area contributed by atoms with Crippen molar-refractivity contribution in [3.8, 4) is 11.5 Å². The highest BCUT2D eigenvalue weighted by molar-refractivity contribution is 6.08. The summed E-state index contributed by atoms with van der Waals surface area (Å²) in [6.45, 7) is 0. The maximum Gasteiger partial charge on any atom is 0.271 e. The molecule has 0 bridgehead atoms. The minimum atomic E-state index is -0.393. The molecule has 0 aliphatic heterocycles. The van der Waals surface area contributed by atoms with Crippen LogP contribution in [0.5, 0.6) is 11.5 Å². The molecule has 1 N–H and O–H groups in total. The van der Waals surface area contributed by atoms with Crippen molar-refractivity contribution in [1.29, 1.82) is 0 Å². The van der Waals surface area contributed by atoms with E-state index in [0.717, 1.165) is 42.1 Å². The summed E-state index contributed by atoms with van der Waals surface area (Å²) in [4.78, 5) is 17.9. The van der Waals surface area contributed by atoms with Crippen molar-refractivity contribution in [2.45, 2.75) is 37.8 Å². The number of fused-ring (bicyclic) bond motifs is 2. The number of rotatable bonds is 6. The van der Waals surface area contributed by atoms with Crippen LogP contribution in [0.3, 0.4) is 0 Å². The number of hydrogen-bond donors (Lipinski definition) is 1. The molecule has 8 nitrogen and oxygen atoms in total. The smallest absolute Gasteiger partial charge is 0.271 e. The highest BCUT2D eigenvalue weighted by Crippen LogP contribution is 2.40. The Kier molecular flexibility index (Phi) is 5.82. The van der Waals surface area contributed by atoms with Gasteiger partial charge in [0.2, 0.25) is 0 Å². The number of nitrogens with zero attached hydrogens (tertiary/aromatic N) is 3. The van der Waals surface area contributed by atoms with E-state index in [0.29, 0.717) is 34.6 Å². The summed E-state index contributed by atoms with van der Waals surface area (Å²) < 4.78 is 11.0. The molecule has 1 aliphatic carbocycles. The number of nitro groups is 1. The van der Waals surface area contributed by atoms with E-state index in [4.69, 9.17) is 14.5 Å². The van der Waals surface area contributed by atoms with Gasteiger partial charge in [0, 0.05) is 41.1 Å². The van der Waals surface area contributed by atoms with Gasteiger partial charge in [-0.15, -0.1) is 0 Å². The average molecular weight is 425 g/mol. The molecule has 0 spiro atoms. The van der Waals surface area contributed by atoms with Crippen LogP contribution < -0.4 is 14.8 Å². The molecule has 1 aliphatic rings. The highest BCUT2D eigenvalue weighted by atomic mass is 16.6. The first-order chi connectivity index (χ1) is 14.9. The first kappa shape index (κ1) is 21.1. The van der Waals surface area contributed by atoms with Gasteiger partial charge in [-0.1, -0.05) is 0 Å². The molecule has 31 heavy (non-hydrogen) atoms. The van der Waals surface area contributed by atoms with Gasteiger partial charge in [-0.3, -0.25) is 10.1 Å². The number of benzene rings is 2. The van der Waals surface area contributed by atoms with Crippen molar-refractivity contribution < 1.29 is 14.4 Å². The lowest BCUT2D eigenvalue weighted by molar-refractivity contribution is -0.384. The zero-order valence-electron chi connectivity index (χ0n) is 18.3. The van der Waals surface area contributed by atoms with Gasteiger partial charge < -0.3 is 19.7 Å². The topological polar surface area (TPSA) is 89.8 Å². The Morgan fingerprint density at radius 2 is 1.65 bits per heavy atom. The van der Waals surface area contributed by atoms with E-state index in [1.807, 2.05) is 12.1 Å². The molecule has 1 fully saturated rings. The maximum atomic E-state index is 11.3. The first-order valence-electron chi connectivity index (χ1n) is 10.5. The van der Waals surface area contributed by atoms with E-state index in [1.54, 1.807) is 20.3 Å². The number of non-ortho nitro benzene ring substituents is 1. The second kappa shape index (κ2) is 8.55. The molecule has 0 saturated heterocycles. The van der Waals surface area contributed by atoms with Crippen LogP contribution in [0, 0.1) is 10.1 Å². The van der Waals surface area contributed by atoms with E-state index in [1.165, 1.54) is 12.1 Å². The van der Waals surface area contributed by atoms with Crippen LogP contribution >= 0.6 is 0 Å². The zero-order valence-corrected chi connectivity index (χ0v) is 18.3. The molecule has 0 radical (unpaired) electrons. The van der Waals surface area contributed by atoms with Crippen molar-refractivity contribution in [1.82, 2.24) is 9.88 Å². The van der Waals surface area contributed by atoms with Crippen LogP contribution in [0.25, 0.3) is 21.8 Å². The second-order valence-corrected chi connectivity index (χ2v) is 8.28. The van der Waals surface area contributed by atoms with Crippen LogP contribution in [-0.4, -0.2) is 55.2 Å². The molecule has 1 saturated carbocycles. The Morgan fingerprint density at radius 3 is 2.26 bits per heavy atom. The van der Waals surface area contributed by atoms with E-state index >= 15 is 0 Å². The van der Waals surface area contributed by atoms with Gasteiger partial charge in [-0.05, 0) is 51.9 Å². The molecule has 0 amide bonds. The number of methoxy groups -OCH3 is 2. The summed E-state index contributed by atoms with van der Waals surface area (Å²) in [6.07, 6.45) is 4.39. The van der Waals surface area contributed by atoms with Gasteiger partial charge in [0.25, 0.3) is 5.69 Å². The van der Waals surface area contributed by atoms with Crippen LogP contribution in [0.2, 0.25) is 0 Å². The van der Waals surface area contributed by atoms with Gasteiger partial charge >= 0.3 is 0 Å². The lowest BCUT2D eigenvalue weighted by atomic mass is 9.90. The third-order valence-electron chi connectivity index (χ3n) is 6.25. The van der Waals surface area contributed by atoms with E-state index < -0.39 is 4.92 Å². The number of pyridine rings is 1. The molecule has 0 unspecified atom stereocenters. The highest BCUT2D eigenvalue weighted by Gasteiger charge is 2.24. The van der Waals surface area contributed by atoms with Crippen molar-refractivity contribution >= 4 is 33.2 Å². The van der Waals surface area contributed by atoms with E-state index in [-0.39, 0.29) is 5.69 Å². The SMILES string of the molecule is COc1cc2nc3cc([N+](=O)[O-])ccc3c(NC3CCC(N(C)C)CC3)c2cc1OC. The number of nitrogens with one attached hydrogen (secondary N) is 1. The molecular weight excluding hydrogens is 396 g/mol. The third kappa shape index (κ3) is 4.07. The standard InChI is InChI=1S/C23H28N4O4/c1-26(2)15-7-5-14(6-8-15)24-23-17-10-9-16(27(28)29)11-19(17)25-20-13-22(31-4)21(30-3)12-18(20)23/h9-15H,5-8H2,1-4H3,(H,24,25). The lowest BCUT2D eigenvalue weighted by Gasteiger charge is -2.33. The van der Waals surface area contributed by atoms with Crippen LogP contribution in [0.4, 0.5) is 11.4 Å². The Morgan fingerprint density at radius 1 is 1.00 bits per heavy atom. The molecule has 1 heterocycles. The predicted molar refractivity (Wildman–Crippen MR) is 122 cm³/mol. The zero-order chi connectivity index (χ0) is 22.1.